The van der Waals surface area contributed by atoms with Crippen molar-refractivity contribution < 1.29 is 4.21 Å². The summed E-state index contributed by atoms with van der Waals surface area (Å²) in [5.74, 6) is 0. The van der Waals surface area contributed by atoms with E-state index < -0.39 is 18.0 Å². The Morgan fingerprint density at radius 3 is 2.40 bits per heavy atom. The van der Waals surface area contributed by atoms with Crippen molar-refractivity contribution in [2.75, 3.05) is 6.26 Å². The molecule has 3 nitrogen and oxygen atoms in total. The van der Waals surface area contributed by atoms with Crippen LogP contribution in [0, 0.1) is 0 Å². The smallest absolute Gasteiger partial charge is 0.185 e. The van der Waals surface area contributed by atoms with Gasteiger partial charge in [-0.15, -0.1) is 0 Å². The van der Waals surface area contributed by atoms with Crippen LogP contribution in [-0.2, 0) is 9.73 Å². The Morgan fingerprint density at radius 1 is 1.40 bits per heavy atom. The van der Waals surface area contributed by atoms with E-state index in [0.29, 0.717) is 10.0 Å². The van der Waals surface area contributed by atoms with Gasteiger partial charge in [-0.1, -0.05) is 11.6 Å². The standard InChI is InChI=1S/C9H15ClN2OSSi/c1-14(13,12-15(2,3)4)9-6-5-8(10)7-11-9/h5-7H,1-4H3. The van der Waals surface area contributed by atoms with Crippen LogP contribution in [0.3, 0.4) is 0 Å². The SMILES string of the molecule is C[Si](C)(C)N=S(C)(=O)c1ccc(Cl)cn1. The van der Waals surface area contributed by atoms with E-state index in [4.69, 9.17) is 11.6 Å². The zero-order valence-electron chi connectivity index (χ0n) is 9.32. The molecule has 0 N–H and O–H groups in total. The second-order valence-corrected chi connectivity index (χ2v) is 11.9. The van der Waals surface area contributed by atoms with E-state index in [2.05, 4.69) is 9.01 Å². The highest BCUT2D eigenvalue weighted by molar-refractivity contribution is 7.93. The lowest BCUT2D eigenvalue weighted by atomic mass is 10.5. The maximum Gasteiger partial charge on any atom is 0.185 e. The Kier molecular flexibility index (Phi) is 3.58. The lowest BCUT2D eigenvalue weighted by molar-refractivity contribution is 0.678. The molecule has 0 bridgehead atoms. The van der Waals surface area contributed by atoms with E-state index in [1.807, 2.05) is 19.6 Å². The summed E-state index contributed by atoms with van der Waals surface area (Å²) < 4.78 is 16.7. The van der Waals surface area contributed by atoms with Gasteiger partial charge in [-0.25, -0.2) is 9.19 Å². The van der Waals surface area contributed by atoms with Crippen molar-refractivity contribution in [1.82, 2.24) is 4.98 Å². The van der Waals surface area contributed by atoms with Gasteiger partial charge in [0.2, 0.25) is 0 Å². The van der Waals surface area contributed by atoms with Gasteiger partial charge in [0.05, 0.1) is 14.8 Å². The first-order chi connectivity index (χ1) is 6.71. The molecule has 0 aliphatic heterocycles. The lowest BCUT2D eigenvalue weighted by Gasteiger charge is -2.12. The number of nitrogens with zero attached hydrogens (tertiary/aromatic N) is 2. The van der Waals surface area contributed by atoms with E-state index >= 15 is 0 Å². The number of halogens is 1. The van der Waals surface area contributed by atoms with Gasteiger partial charge in [0.1, 0.15) is 5.03 Å². The summed E-state index contributed by atoms with van der Waals surface area (Å²) in [7, 11) is -4.08. The minimum Gasteiger partial charge on any atom is -0.273 e. The second-order valence-electron chi connectivity index (χ2n) is 4.38. The Bertz CT molecular complexity index is 458. The van der Waals surface area contributed by atoms with Gasteiger partial charge in [-0.05, 0) is 31.8 Å². The Morgan fingerprint density at radius 2 is 2.00 bits per heavy atom. The third-order valence-corrected chi connectivity index (χ3v) is 6.36. The highest BCUT2D eigenvalue weighted by Crippen LogP contribution is 2.15. The third-order valence-electron chi connectivity index (χ3n) is 1.54. The zero-order valence-corrected chi connectivity index (χ0v) is 11.9. The molecule has 0 spiro atoms. The Hall–Kier alpha value is -0.393. The molecule has 1 aromatic heterocycles. The van der Waals surface area contributed by atoms with Crippen LogP contribution < -0.4 is 0 Å². The predicted octanol–water partition coefficient (Wildman–Crippen LogP) is 3.03. The first kappa shape index (κ1) is 12.7. The molecule has 1 heterocycles. The predicted molar refractivity (Wildman–Crippen MR) is 67.4 cm³/mol. The van der Waals surface area contributed by atoms with Crippen molar-refractivity contribution in [3.63, 3.8) is 0 Å². The molecule has 1 atom stereocenters. The van der Waals surface area contributed by atoms with E-state index in [9.17, 15) is 4.21 Å². The van der Waals surface area contributed by atoms with Gasteiger partial charge in [-0.2, -0.15) is 0 Å². The van der Waals surface area contributed by atoms with Crippen LogP contribution in [0.25, 0.3) is 0 Å². The lowest BCUT2D eigenvalue weighted by Crippen LogP contribution is -2.19. The number of pyridine rings is 1. The minimum atomic E-state index is -2.37. The monoisotopic (exact) mass is 262 g/mol. The van der Waals surface area contributed by atoms with E-state index in [-0.39, 0.29) is 0 Å². The summed E-state index contributed by atoms with van der Waals surface area (Å²) in [6.45, 7) is 6.14. The van der Waals surface area contributed by atoms with Crippen LogP contribution in [0.1, 0.15) is 0 Å². The van der Waals surface area contributed by atoms with Crippen molar-refractivity contribution in [1.29, 1.82) is 0 Å². The molecule has 15 heavy (non-hydrogen) atoms. The van der Waals surface area contributed by atoms with Crippen LogP contribution in [0.4, 0.5) is 0 Å². The summed E-state index contributed by atoms with van der Waals surface area (Å²) in [4.78, 5) is 4.06. The molecule has 1 aromatic rings. The Labute approximate surface area is 97.2 Å². The highest BCUT2D eigenvalue weighted by Gasteiger charge is 2.17. The molecule has 0 saturated carbocycles. The van der Waals surface area contributed by atoms with Crippen LogP contribution in [0.15, 0.2) is 27.4 Å². The van der Waals surface area contributed by atoms with Crippen molar-refractivity contribution in [2.24, 2.45) is 4.03 Å². The fourth-order valence-electron chi connectivity index (χ4n) is 1.16. The maximum absolute atomic E-state index is 12.3. The van der Waals surface area contributed by atoms with Gasteiger partial charge in [0, 0.05) is 12.5 Å². The van der Waals surface area contributed by atoms with Crippen LogP contribution in [0.2, 0.25) is 24.7 Å². The average Bonchev–Trinajstić information content (AvgIpc) is 2.00. The molecule has 0 amide bonds. The molecule has 6 heteroatoms. The molecule has 0 fully saturated rings. The Balaban J connectivity index is 3.23. The average molecular weight is 263 g/mol. The van der Waals surface area contributed by atoms with Gasteiger partial charge >= 0.3 is 0 Å². The molecule has 0 radical (unpaired) electrons. The topological polar surface area (TPSA) is 42.3 Å². The molecular weight excluding hydrogens is 248 g/mol. The molecule has 0 aliphatic carbocycles. The zero-order chi connectivity index (χ0) is 11.7. The van der Waals surface area contributed by atoms with E-state index in [1.54, 1.807) is 18.4 Å². The third kappa shape index (κ3) is 3.93. The number of hydrogen-bond acceptors (Lipinski definition) is 3. The molecular formula is C9H15ClN2OSSi. The van der Waals surface area contributed by atoms with Crippen LogP contribution in [0.5, 0.6) is 0 Å². The number of aromatic nitrogens is 1. The van der Waals surface area contributed by atoms with Crippen molar-refractivity contribution >= 4 is 29.6 Å². The number of rotatable bonds is 2. The summed E-state index contributed by atoms with van der Waals surface area (Å²) in [6, 6.07) is 3.36. The quantitative estimate of drug-likeness (QED) is 0.769. The summed E-state index contributed by atoms with van der Waals surface area (Å²) in [6.07, 6.45) is 3.13. The van der Waals surface area contributed by atoms with Crippen molar-refractivity contribution in [3.8, 4) is 0 Å². The first-order valence-electron chi connectivity index (χ1n) is 4.56. The fraction of sp³-hybridized carbons (Fsp3) is 0.444. The summed E-state index contributed by atoms with van der Waals surface area (Å²) in [5.41, 5.74) is 0. The van der Waals surface area contributed by atoms with Crippen molar-refractivity contribution in [2.45, 2.75) is 24.7 Å². The van der Waals surface area contributed by atoms with Crippen LogP contribution in [-0.4, -0.2) is 23.7 Å². The normalized spacial score (nSPS) is 15.8. The molecule has 1 rings (SSSR count). The van der Waals surface area contributed by atoms with Gasteiger partial charge in [-0.3, -0.25) is 4.03 Å². The van der Waals surface area contributed by atoms with Crippen LogP contribution >= 0.6 is 11.6 Å². The van der Waals surface area contributed by atoms with Crippen molar-refractivity contribution in [3.05, 3.63) is 23.4 Å². The first-order valence-corrected chi connectivity index (χ1v) is 10.3. The molecule has 1 unspecified atom stereocenters. The summed E-state index contributed by atoms with van der Waals surface area (Å²) in [5, 5.41) is 1.05. The molecule has 0 aromatic carbocycles. The molecule has 0 aliphatic rings. The minimum absolute atomic E-state index is 0.509. The largest absolute Gasteiger partial charge is 0.273 e. The highest BCUT2D eigenvalue weighted by atomic mass is 35.5. The maximum atomic E-state index is 12.3. The second kappa shape index (κ2) is 4.23. The van der Waals surface area contributed by atoms with Gasteiger partial charge in [0.25, 0.3) is 0 Å². The summed E-state index contributed by atoms with van der Waals surface area (Å²) >= 11 is 5.72. The van der Waals surface area contributed by atoms with E-state index in [1.165, 1.54) is 6.20 Å². The molecule has 84 valence electrons. The molecule has 0 saturated heterocycles. The fourth-order valence-corrected chi connectivity index (χ4v) is 6.39. The number of hydrogen-bond donors (Lipinski definition) is 0. The van der Waals surface area contributed by atoms with Gasteiger partial charge < -0.3 is 0 Å². The van der Waals surface area contributed by atoms with Gasteiger partial charge in [0.15, 0.2) is 8.24 Å². The van der Waals surface area contributed by atoms with E-state index in [0.717, 1.165) is 0 Å².